The molecule has 2 fully saturated rings. The number of aryl methyl sites for hydroxylation is 1. The molecule has 1 atom stereocenters. The first-order valence-electron chi connectivity index (χ1n) is 15.0. The maximum absolute atomic E-state index is 13.5. The van der Waals surface area contributed by atoms with Gasteiger partial charge in [0, 0.05) is 20.8 Å². The van der Waals surface area contributed by atoms with Crippen molar-refractivity contribution in [1.29, 1.82) is 0 Å². The van der Waals surface area contributed by atoms with Crippen LogP contribution in [0.5, 0.6) is 0 Å². The lowest BCUT2D eigenvalue weighted by molar-refractivity contribution is -0.124. The summed E-state index contributed by atoms with van der Waals surface area (Å²) in [6, 6.07) is 10.9. The molecule has 0 radical (unpaired) electrons. The number of piperidine rings is 1. The second-order valence-corrected chi connectivity index (χ2v) is 11.3. The van der Waals surface area contributed by atoms with Crippen LogP contribution in [0.1, 0.15) is 89.3 Å². The van der Waals surface area contributed by atoms with Crippen molar-refractivity contribution in [2.24, 2.45) is 5.73 Å². The van der Waals surface area contributed by atoms with Crippen LogP contribution in [0.2, 0.25) is 15.1 Å². The SMILES string of the molecule is C1CCNCC1.C=C.CC.CC/C=C(\N)[C@H](Cc1ccc(Cl)cc1Cl)NC(=O)C1(c2ccc(Cl)cc2CCC)CC1. The molecule has 2 aliphatic rings. The molecule has 4 N–H and O–H groups in total. The Kier molecular flexibility index (Phi) is 18.1. The van der Waals surface area contributed by atoms with E-state index in [-0.39, 0.29) is 11.9 Å². The Morgan fingerprint density at radius 3 is 2.10 bits per heavy atom. The van der Waals surface area contributed by atoms with Gasteiger partial charge in [0.15, 0.2) is 0 Å². The zero-order valence-electron chi connectivity index (χ0n) is 25.4. The number of halogens is 3. The van der Waals surface area contributed by atoms with Gasteiger partial charge in [-0.15, -0.1) is 13.2 Å². The zero-order valence-corrected chi connectivity index (χ0v) is 27.7. The van der Waals surface area contributed by atoms with Crippen LogP contribution in [0.25, 0.3) is 0 Å². The van der Waals surface area contributed by atoms with E-state index in [1.54, 1.807) is 12.1 Å². The van der Waals surface area contributed by atoms with Gasteiger partial charge in [-0.1, -0.05) is 93.5 Å². The van der Waals surface area contributed by atoms with Crippen molar-refractivity contribution in [2.75, 3.05) is 13.1 Å². The van der Waals surface area contributed by atoms with Crippen molar-refractivity contribution < 1.29 is 4.79 Å². The van der Waals surface area contributed by atoms with E-state index in [1.807, 2.05) is 51.1 Å². The monoisotopic (exact) mass is 621 g/mol. The second kappa shape index (κ2) is 20.0. The van der Waals surface area contributed by atoms with Crippen molar-refractivity contribution in [2.45, 2.75) is 96.9 Å². The Balaban J connectivity index is 0.000000722. The van der Waals surface area contributed by atoms with Crippen LogP contribution in [-0.4, -0.2) is 25.0 Å². The van der Waals surface area contributed by atoms with E-state index in [0.717, 1.165) is 48.8 Å². The summed E-state index contributed by atoms with van der Waals surface area (Å²) in [5.41, 5.74) is 9.62. The number of benzene rings is 2. The van der Waals surface area contributed by atoms with E-state index >= 15 is 0 Å². The number of carbonyl (C=O) groups excluding carboxylic acids is 1. The molecule has 228 valence electrons. The molecule has 1 aliphatic heterocycles. The van der Waals surface area contributed by atoms with Gasteiger partial charge in [-0.2, -0.15) is 0 Å². The third kappa shape index (κ3) is 11.7. The quantitative estimate of drug-likeness (QED) is 0.244. The van der Waals surface area contributed by atoms with E-state index in [2.05, 4.69) is 30.7 Å². The molecule has 1 aliphatic carbocycles. The molecular weight excluding hydrogens is 573 g/mol. The number of carbonyl (C=O) groups is 1. The summed E-state index contributed by atoms with van der Waals surface area (Å²) in [4.78, 5) is 13.5. The molecular formula is C34H50Cl3N3O. The van der Waals surface area contributed by atoms with Gasteiger partial charge in [-0.25, -0.2) is 0 Å². The first kappa shape index (κ1) is 37.0. The van der Waals surface area contributed by atoms with Crippen molar-refractivity contribution in [1.82, 2.24) is 10.6 Å². The topological polar surface area (TPSA) is 67.2 Å². The van der Waals surface area contributed by atoms with Gasteiger partial charge in [0.2, 0.25) is 5.91 Å². The number of nitrogens with two attached hydrogens (primary N) is 1. The molecule has 4 rings (SSSR count). The van der Waals surface area contributed by atoms with Crippen molar-refractivity contribution in [3.8, 4) is 0 Å². The number of hydrogen-bond donors (Lipinski definition) is 3. The van der Waals surface area contributed by atoms with E-state index in [0.29, 0.717) is 27.2 Å². The molecule has 41 heavy (non-hydrogen) atoms. The van der Waals surface area contributed by atoms with Crippen LogP contribution in [0.4, 0.5) is 0 Å². The molecule has 0 unspecified atom stereocenters. The molecule has 0 aromatic heterocycles. The van der Waals surface area contributed by atoms with Crippen LogP contribution in [0.3, 0.4) is 0 Å². The van der Waals surface area contributed by atoms with Gasteiger partial charge in [-0.05, 0) is 99.0 Å². The summed E-state index contributed by atoms with van der Waals surface area (Å²) in [6.45, 7) is 16.7. The van der Waals surface area contributed by atoms with Crippen LogP contribution in [0, 0.1) is 0 Å². The minimum absolute atomic E-state index is 0.00899. The number of allylic oxidation sites excluding steroid dienone is 1. The lowest BCUT2D eigenvalue weighted by Gasteiger charge is -2.25. The Bertz CT molecular complexity index is 1080. The first-order valence-corrected chi connectivity index (χ1v) is 16.1. The summed E-state index contributed by atoms with van der Waals surface area (Å²) in [5, 5.41) is 8.36. The highest BCUT2D eigenvalue weighted by Gasteiger charge is 2.52. The lowest BCUT2D eigenvalue weighted by atomic mass is 9.88. The fourth-order valence-corrected chi connectivity index (χ4v) is 5.56. The number of hydrogen-bond acceptors (Lipinski definition) is 3. The summed E-state index contributed by atoms with van der Waals surface area (Å²) in [5.74, 6) is 0.00899. The van der Waals surface area contributed by atoms with Gasteiger partial charge in [0.25, 0.3) is 0 Å². The van der Waals surface area contributed by atoms with Crippen LogP contribution < -0.4 is 16.4 Å². The third-order valence-corrected chi connectivity index (χ3v) is 7.90. The largest absolute Gasteiger partial charge is 0.401 e. The third-order valence-electron chi connectivity index (χ3n) is 7.08. The molecule has 1 saturated heterocycles. The Hall–Kier alpha value is -1.98. The van der Waals surface area contributed by atoms with E-state index < -0.39 is 5.41 Å². The minimum Gasteiger partial charge on any atom is -0.401 e. The maximum Gasteiger partial charge on any atom is 0.231 e. The van der Waals surface area contributed by atoms with E-state index in [1.165, 1.54) is 32.4 Å². The zero-order chi connectivity index (χ0) is 30.8. The molecule has 7 heteroatoms. The van der Waals surface area contributed by atoms with Gasteiger partial charge >= 0.3 is 0 Å². The molecule has 4 nitrogen and oxygen atoms in total. The predicted octanol–water partition coefficient (Wildman–Crippen LogP) is 9.20. The molecule has 0 spiro atoms. The standard InChI is InChI=1S/C25H29Cl3N2O.C5H11N.C2H6.C2H4/c1-3-5-16-13-18(26)9-10-20(16)25(11-12-25)24(31)30-23(22(29)6-4-2)14-17-7-8-19(27)15-21(17)28;1-2-4-6-5-3-1;2*1-2/h6-10,13,15,23H,3-5,11-12,14,29H2,1-2H3,(H,30,31);6H,1-5H2;1-2H3;1-2H2/b22-6-;;;/t23-;;;/m0.../s1. The van der Waals surface area contributed by atoms with Crippen molar-refractivity contribution in [3.05, 3.63) is 93.1 Å². The van der Waals surface area contributed by atoms with E-state index in [9.17, 15) is 4.79 Å². The number of nitrogens with one attached hydrogen (secondary N) is 2. The molecule has 1 amide bonds. The van der Waals surface area contributed by atoms with Gasteiger partial charge in [0.05, 0.1) is 11.5 Å². The summed E-state index contributed by atoms with van der Waals surface area (Å²) < 4.78 is 0. The Labute approximate surface area is 264 Å². The second-order valence-electron chi connectivity index (χ2n) is 10.0. The fourth-order valence-electron chi connectivity index (χ4n) is 4.88. The Morgan fingerprint density at radius 1 is 1.00 bits per heavy atom. The summed E-state index contributed by atoms with van der Waals surface area (Å²) in [7, 11) is 0. The first-order chi connectivity index (χ1) is 19.8. The minimum atomic E-state index is -0.510. The van der Waals surface area contributed by atoms with Gasteiger partial charge < -0.3 is 16.4 Å². The Morgan fingerprint density at radius 2 is 1.61 bits per heavy atom. The highest BCUT2D eigenvalue weighted by atomic mass is 35.5. The van der Waals surface area contributed by atoms with Crippen LogP contribution in [0.15, 0.2) is 61.3 Å². The van der Waals surface area contributed by atoms with Crippen LogP contribution >= 0.6 is 34.8 Å². The summed E-state index contributed by atoms with van der Waals surface area (Å²) >= 11 is 18.7. The fraction of sp³-hybridized carbons (Fsp3) is 0.500. The summed E-state index contributed by atoms with van der Waals surface area (Å²) in [6.07, 6.45) is 11.0. The number of rotatable bonds is 9. The van der Waals surface area contributed by atoms with Gasteiger partial charge in [-0.3, -0.25) is 4.79 Å². The average molecular weight is 623 g/mol. The lowest BCUT2D eigenvalue weighted by Crippen LogP contribution is -2.45. The van der Waals surface area contributed by atoms with Crippen molar-refractivity contribution >= 4 is 40.7 Å². The molecule has 1 heterocycles. The van der Waals surface area contributed by atoms with E-state index in [4.69, 9.17) is 40.5 Å². The highest BCUT2D eigenvalue weighted by molar-refractivity contribution is 6.35. The molecule has 2 aromatic rings. The molecule has 0 bridgehead atoms. The van der Waals surface area contributed by atoms with Crippen molar-refractivity contribution in [3.63, 3.8) is 0 Å². The smallest absolute Gasteiger partial charge is 0.231 e. The number of amides is 1. The highest BCUT2D eigenvalue weighted by Crippen LogP contribution is 2.50. The normalized spacial score (nSPS) is 15.9. The molecule has 2 aromatic carbocycles. The molecule has 1 saturated carbocycles. The average Bonchev–Trinajstić information content (AvgIpc) is 3.80. The maximum atomic E-state index is 13.5. The van der Waals surface area contributed by atoms with Crippen LogP contribution in [-0.2, 0) is 23.1 Å². The van der Waals surface area contributed by atoms with Gasteiger partial charge in [0.1, 0.15) is 0 Å². The predicted molar refractivity (Wildman–Crippen MR) is 180 cm³/mol.